The van der Waals surface area contributed by atoms with Gasteiger partial charge in [-0.3, -0.25) is 9.20 Å². The summed E-state index contributed by atoms with van der Waals surface area (Å²) in [6.07, 6.45) is 1.72. The molecule has 1 saturated heterocycles. The highest BCUT2D eigenvalue weighted by Crippen LogP contribution is 2.21. The van der Waals surface area contributed by atoms with Crippen LogP contribution in [0.15, 0.2) is 45.5 Å². The van der Waals surface area contributed by atoms with Gasteiger partial charge in [0.2, 0.25) is 10.0 Å². The van der Waals surface area contributed by atoms with Crippen molar-refractivity contribution in [3.05, 3.63) is 63.0 Å². The monoisotopic (exact) mass is 419 g/mol. The van der Waals surface area contributed by atoms with Crippen LogP contribution in [-0.4, -0.2) is 48.3 Å². The Balaban J connectivity index is 1.46. The second kappa shape index (κ2) is 7.40. The van der Waals surface area contributed by atoms with Crippen LogP contribution < -0.4 is 10.5 Å². The molecule has 1 N–H and O–H groups in total. The number of nitrogens with zero attached hydrogens (tertiary/aromatic N) is 3. The molecule has 0 spiro atoms. The van der Waals surface area contributed by atoms with Gasteiger partial charge >= 0.3 is 0 Å². The molecule has 2 aromatic heterocycles. The minimum absolute atomic E-state index is 0.0725. The predicted molar refractivity (Wildman–Crippen MR) is 108 cm³/mol. The number of aromatic nitrogens is 2. The number of thiazole rings is 1. The molecule has 1 aliphatic rings. The lowest BCUT2D eigenvalue weighted by Gasteiger charge is -2.31. The van der Waals surface area contributed by atoms with Gasteiger partial charge in [0, 0.05) is 17.6 Å². The van der Waals surface area contributed by atoms with Crippen molar-refractivity contribution < 1.29 is 13.3 Å². The van der Waals surface area contributed by atoms with Crippen LogP contribution in [0.4, 0.5) is 0 Å². The van der Waals surface area contributed by atoms with Crippen LogP contribution in [0.25, 0.3) is 4.96 Å². The lowest BCUT2D eigenvalue weighted by atomic mass is 10.2. The Hall–Kier alpha value is -2.07. The van der Waals surface area contributed by atoms with E-state index in [4.69, 9.17) is 0 Å². The smallest absolute Gasteiger partial charge is 0.258 e. The molecular weight excluding hydrogens is 396 g/mol. The Morgan fingerprint density at radius 3 is 2.64 bits per heavy atom. The summed E-state index contributed by atoms with van der Waals surface area (Å²) < 4.78 is 29.1. The molecule has 0 radical (unpaired) electrons. The van der Waals surface area contributed by atoms with Crippen LogP contribution in [0.3, 0.4) is 0 Å². The highest BCUT2D eigenvalue weighted by Gasteiger charge is 2.31. The molecule has 148 valence electrons. The number of nitrogens with one attached hydrogen (secondary N) is 1. The molecule has 4 rings (SSSR count). The largest absolute Gasteiger partial charge is 0.328 e. The van der Waals surface area contributed by atoms with Crippen molar-refractivity contribution >= 4 is 26.3 Å². The van der Waals surface area contributed by atoms with Gasteiger partial charge in [0.25, 0.3) is 5.56 Å². The molecule has 0 bridgehead atoms. The van der Waals surface area contributed by atoms with Crippen molar-refractivity contribution in [1.82, 2.24) is 13.7 Å². The van der Waals surface area contributed by atoms with Gasteiger partial charge in [-0.05, 0) is 25.5 Å². The fraction of sp³-hybridized carbons (Fsp3) is 0.368. The van der Waals surface area contributed by atoms with Crippen LogP contribution in [0, 0.1) is 13.8 Å². The average Bonchev–Trinajstić information content (AvgIpc) is 3.11. The third-order valence-corrected chi connectivity index (χ3v) is 7.98. The van der Waals surface area contributed by atoms with E-state index in [1.807, 2.05) is 31.4 Å². The molecule has 28 heavy (non-hydrogen) atoms. The maximum absolute atomic E-state index is 13.0. The van der Waals surface area contributed by atoms with Crippen LogP contribution in [0.5, 0.6) is 0 Å². The second-order valence-corrected chi connectivity index (χ2v) is 10.0. The van der Waals surface area contributed by atoms with E-state index in [1.54, 1.807) is 22.6 Å². The third kappa shape index (κ3) is 3.62. The van der Waals surface area contributed by atoms with Gasteiger partial charge in [0.05, 0.1) is 31.1 Å². The molecule has 0 atom stereocenters. The zero-order valence-corrected chi connectivity index (χ0v) is 17.5. The van der Waals surface area contributed by atoms with Gasteiger partial charge in [0.1, 0.15) is 12.2 Å². The summed E-state index contributed by atoms with van der Waals surface area (Å²) in [6, 6.07) is 7.02. The Morgan fingerprint density at radius 2 is 1.93 bits per heavy atom. The first kappa shape index (κ1) is 19.3. The standard InChI is InChI=1S/C19H22N4O3S2/c1-14-3-4-17(15(2)11-14)28(25,26)22-7-5-21(6-8-22)13-16-12-18(24)23-9-10-27-19(23)20-16/h3-4,9-12H,5-8,13H2,1-2H3/p+1. The van der Waals surface area contributed by atoms with E-state index >= 15 is 0 Å². The molecule has 0 aliphatic carbocycles. The number of hydrogen-bond acceptors (Lipinski definition) is 5. The number of sulfonamides is 1. The molecule has 9 heteroatoms. The van der Waals surface area contributed by atoms with Crippen molar-refractivity contribution in [2.24, 2.45) is 0 Å². The zero-order chi connectivity index (χ0) is 19.9. The highest BCUT2D eigenvalue weighted by molar-refractivity contribution is 7.89. The van der Waals surface area contributed by atoms with E-state index in [-0.39, 0.29) is 5.56 Å². The van der Waals surface area contributed by atoms with Gasteiger partial charge in [0.15, 0.2) is 4.96 Å². The summed E-state index contributed by atoms with van der Waals surface area (Å²) in [7, 11) is -3.48. The lowest BCUT2D eigenvalue weighted by molar-refractivity contribution is -0.917. The number of quaternary nitrogens is 1. The summed E-state index contributed by atoms with van der Waals surface area (Å²) >= 11 is 1.44. The van der Waals surface area contributed by atoms with Crippen molar-refractivity contribution in [1.29, 1.82) is 0 Å². The molecule has 1 fully saturated rings. The summed E-state index contributed by atoms with van der Waals surface area (Å²) in [5.74, 6) is 0. The molecule has 1 aromatic carbocycles. The Kier molecular flexibility index (Phi) is 5.09. The Labute approximate surface area is 167 Å². The summed E-state index contributed by atoms with van der Waals surface area (Å²) in [4.78, 5) is 19.0. The third-order valence-electron chi connectivity index (χ3n) is 5.17. The van der Waals surface area contributed by atoms with Crippen LogP contribution in [0.2, 0.25) is 0 Å². The van der Waals surface area contributed by atoms with Gasteiger partial charge in [-0.15, -0.1) is 11.3 Å². The van der Waals surface area contributed by atoms with Crippen molar-refractivity contribution in [3.63, 3.8) is 0 Å². The molecule has 7 nitrogen and oxygen atoms in total. The van der Waals surface area contributed by atoms with Crippen LogP contribution in [-0.2, 0) is 16.6 Å². The Morgan fingerprint density at radius 1 is 1.18 bits per heavy atom. The maximum Gasteiger partial charge on any atom is 0.258 e. The van der Waals surface area contributed by atoms with E-state index < -0.39 is 10.0 Å². The fourth-order valence-electron chi connectivity index (χ4n) is 3.68. The fourth-order valence-corrected chi connectivity index (χ4v) is 6.07. The van der Waals surface area contributed by atoms with Gasteiger partial charge in [-0.2, -0.15) is 4.31 Å². The number of fused-ring (bicyclic) bond motifs is 1. The molecular formula is C19H23N4O3S2+. The first-order valence-electron chi connectivity index (χ1n) is 9.21. The van der Waals surface area contributed by atoms with E-state index in [0.717, 1.165) is 16.8 Å². The molecule has 3 heterocycles. The number of piperazine rings is 1. The highest BCUT2D eigenvalue weighted by atomic mass is 32.2. The minimum atomic E-state index is -3.48. The van der Waals surface area contributed by atoms with Gasteiger partial charge in [-0.25, -0.2) is 13.4 Å². The van der Waals surface area contributed by atoms with E-state index in [0.29, 0.717) is 42.6 Å². The van der Waals surface area contributed by atoms with E-state index in [9.17, 15) is 13.2 Å². The molecule has 0 saturated carbocycles. The Bertz CT molecular complexity index is 1180. The molecule has 3 aromatic rings. The number of benzene rings is 1. The topological polar surface area (TPSA) is 76.2 Å². The molecule has 0 unspecified atom stereocenters. The van der Waals surface area contributed by atoms with Crippen LogP contribution >= 0.6 is 11.3 Å². The van der Waals surface area contributed by atoms with Crippen LogP contribution in [0.1, 0.15) is 16.8 Å². The van der Waals surface area contributed by atoms with Crippen molar-refractivity contribution in [2.45, 2.75) is 25.3 Å². The number of aryl methyl sites for hydroxylation is 2. The van der Waals surface area contributed by atoms with E-state index in [2.05, 4.69) is 4.98 Å². The number of hydrogen-bond donors (Lipinski definition) is 1. The van der Waals surface area contributed by atoms with Gasteiger partial charge in [-0.1, -0.05) is 17.7 Å². The minimum Gasteiger partial charge on any atom is -0.328 e. The average molecular weight is 420 g/mol. The summed E-state index contributed by atoms with van der Waals surface area (Å²) in [5, 5.41) is 1.84. The molecule has 1 aliphatic heterocycles. The first-order valence-corrected chi connectivity index (χ1v) is 11.5. The lowest BCUT2D eigenvalue weighted by Crippen LogP contribution is -3.13. The quantitative estimate of drug-likeness (QED) is 0.667. The SMILES string of the molecule is Cc1ccc(S(=O)(=O)N2CC[NH+](Cc3cc(=O)n4ccsc4n3)CC2)c(C)c1. The number of rotatable bonds is 4. The predicted octanol–water partition coefficient (Wildman–Crippen LogP) is 0.462. The van der Waals surface area contributed by atoms with Gasteiger partial charge < -0.3 is 4.90 Å². The zero-order valence-electron chi connectivity index (χ0n) is 15.9. The van der Waals surface area contributed by atoms with Crippen molar-refractivity contribution in [3.8, 4) is 0 Å². The summed E-state index contributed by atoms with van der Waals surface area (Å²) in [6.45, 7) is 6.73. The normalized spacial score (nSPS) is 16.6. The second-order valence-electron chi connectivity index (χ2n) is 7.24. The van der Waals surface area contributed by atoms with E-state index in [1.165, 1.54) is 20.6 Å². The van der Waals surface area contributed by atoms with Crippen molar-refractivity contribution in [2.75, 3.05) is 26.2 Å². The first-order chi connectivity index (χ1) is 13.3. The summed E-state index contributed by atoms with van der Waals surface area (Å²) in [5.41, 5.74) is 2.52. The maximum atomic E-state index is 13.0. The molecule has 0 amide bonds.